The fourth-order valence-electron chi connectivity index (χ4n) is 1.84. The summed E-state index contributed by atoms with van der Waals surface area (Å²) in [5.41, 5.74) is 7.89. The van der Waals surface area contributed by atoms with Gasteiger partial charge in [0.1, 0.15) is 5.82 Å². The Kier molecular flexibility index (Phi) is 4.71. The van der Waals surface area contributed by atoms with Gasteiger partial charge >= 0.3 is 0 Å². The third-order valence-electron chi connectivity index (χ3n) is 2.96. The van der Waals surface area contributed by atoms with Crippen molar-refractivity contribution in [3.63, 3.8) is 0 Å². The Morgan fingerprint density at radius 2 is 1.90 bits per heavy atom. The van der Waals surface area contributed by atoms with E-state index in [1.54, 1.807) is 0 Å². The molecule has 0 saturated heterocycles. The molecule has 0 fully saturated rings. The largest absolute Gasteiger partial charge is 0.348 e. The van der Waals surface area contributed by atoms with Crippen molar-refractivity contribution in [2.75, 3.05) is 0 Å². The average molecular weight is 293 g/mol. The second-order valence-corrected chi connectivity index (χ2v) is 4.69. The number of amides is 1. The molecule has 0 atom stereocenters. The van der Waals surface area contributed by atoms with E-state index in [2.05, 4.69) is 5.32 Å². The van der Waals surface area contributed by atoms with E-state index in [0.29, 0.717) is 18.7 Å². The molecular weight excluding hydrogens is 279 g/mol. The molecule has 0 unspecified atom stereocenters. The minimum Gasteiger partial charge on any atom is -0.348 e. The van der Waals surface area contributed by atoms with E-state index in [1.165, 1.54) is 18.2 Å². The maximum Gasteiger partial charge on any atom is 0.251 e. The molecule has 2 aromatic carbocycles. The molecule has 0 aliphatic heterocycles. The Labute approximate surface area is 121 Å². The van der Waals surface area contributed by atoms with Crippen LogP contribution in [0, 0.1) is 5.82 Å². The lowest BCUT2D eigenvalue weighted by Gasteiger charge is -2.09. The third-order valence-corrected chi connectivity index (χ3v) is 3.25. The molecule has 3 nitrogen and oxygen atoms in total. The minimum absolute atomic E-state index is 0.0694. The van der Waals surface area contributed by atoms with Gasteiger partial charge in [-0.25, -0.2) is 4.39 Å². The van der Waals surface area contributed by atoms with Crippen LogP contribution in [0.4, 0.5) is 4.39 Å². The zero-order valence-electron chi connectivity index (χ0n) is 10.7. The van der Waals surface area contributed by atoms with Gasteiger partial charge in [-0.2, -0.15) is 0 Å². The van der Waals surface area contributed by atoms with E-state index >= 15 is 0 Å². The molecule has 0 heterocycles. The molecule has 2 rings (SSSR count). The van der Waals surface area contributed by atoms with Gasteiger partial charge < -0.3 is 11.1 Å². The highest BCUT2D eigenvalue weighted by atomic mass is 35.5. The third kappa shape index (κ3) is 3.35. The lowest BCUT2D eigenvalue weighted by atomic mass is 10.1. The normalized spacial score (nSPS) is 10.3. The Bertz CT molecular complexity index is 631. The van der Waals surface area contributed by atoms with E-state index in [-0.39, 0.29) is 10.9 Å². The number of carbonyl (C=O) groups excluding carboxylic acids is 1. The first-order chi connectivity index (χ1) is 9.61. The monoisotopic (exact) mass is 292 g/mol. The number of hydrogen-bond donors (Lipinski definition) is 2. The van der Waals surface area contributed by atoms with Crippen molar-refractivity contribution in [2.24, 2.45) is 5.73 Å². The van der Waals surface area contributed by atoms with Crippen molar-refractivity contribution in [3.05, 3.63) is 70.0 Å². The molecule has 0 aliphatic carbocycles. The van der Waals surface area contributed by atoms with Gasteiger partial charge in [0, 0.05) is 18.7 Å². The summed E-state index contributed by atoms with van der Waals surface area (Å²) in [6.07, 6.45) is 0. The molecule has 1 amide bonds. The summed E-state index contributed by atoms with van der Waals surface area (Å²) in [5, 5.41) is 2.69. The minimum atomic E-state index is -0.545. The number of carbonyl (C=O) groups is 1. The topological polar surface area (TPSA) is 55.1 Å². The van der Waals surface area contributed by atoms with E-state index in [9.17, 15) is 9.18 Å². The predicted molar refractivity (Wildman–Crippen MR) is 76.9 cm³/mol. The van der Waals surface area contributed by atoms with Crippen molar-refractivity contribution in [2.45, 2.75) is 13.1 Å². The molecule has 0 bridgehead atoms. The smallest absolute Gasteiger partial charge is 0.251 e. The Hall–Kier alpha value is -1.91. The predicted octanol–water partition coefficient (Wildman–Crippen LogP) is 2.87. The highest BCUT2D eigenvalue weighted by molar-refractivity contribution is 6.31. The Morgan fingerprint density at radius 1 is 1.20 bits per heavy atom. The number of hydrogen-bond acceptors (Lipinski definition) is 2. The van der Waals surface area contributed by atoms with Crippen LogP contribution >= 0.6 is 11.6 Å². The lowest BCUT2D eigenvalue weighted by molar-refractivity contribution is 0.0951. The van der Waals surface area contributed by atoms with Crippen LogP contribution in [0.1, 0.15) is 21.5 Å². The van der Waals surface area contributed by atoms with Crippen molar-refractivity contribution in [3.8, 4) is 0 Å². The van der Waals surface area contributed by atoms with E-state index in [4.69, 9.17) is 17.3 Å². The Morgan fingerprint density at radius 3 is 2.55 bits per heavy atom. The molecule has 3 N–H and O–H groups in total. The fraction of sp³-hybridized carbons (Fsp3) is 0.133. The Balaban J connectivity index is 2.06. The molecule has 0 aliphatic rings. The highest BCUT2D eigenvalue weighted by Crippen LogP contribution is 2.16. The van der Waals surface area contributed by atoms with Gasteiger partial charge in [0.2, 0.25) is 0 Å². The maximum absolute atomic E-state index is 13.0. The van der Waals surface area contributed by atoms with Crippen molar-refractivity contribution in [1.82, 2.24) is 5.32 Å². The summed E-state index contributed by atoms with van der Waals surface area (Å²) in [7, 11) is 0. The molecule has 0 radical (unpaired) electrons. The maximum atomic E-state index is 13.0. The number of nitrogens with two attached hydrogens (primary N) is 1. The zero-order chi connectivity index (χ0) is 14.5. The van der Waals surface area contributed by atoms with Gasteiger partial charge in [-0.3, -0.25) is 4.79 Å². The molecule has 0 spiro atoms. The van der Waals surface area contributed by atoms with Crippen LogP contribution in [0.25, 0.3) is 0 Å². The summed E-state index contributed by atoms with van der Waals surface area (Å²) in [4.78, 5) is 12.0. The van der Waals surface area contributed by atoms with Crippen molar-refractivity contribution < 1.29 is 9.18 Å². The first-order valence-electron chi connectivity index (χ1n) is 6.12. The van der Waals surface area contributed by atoms with E-state index in [1.807, 2.05) is 24.3 Å². The van der Waals surface area contributed by atoms with Crippen LogP contribution in [0.2, 0.25) is 5.02 Å². The number of benzene rings is 2. The summed E-state index contributed by atoms with van der Waals surface area (Å²) in [6.45, 7) is 0.773. The SMILES string of the molecule is NCc1ccccc1CNC(=O)c1ccc(F)c(Cl)c1. The van der Waals surface area contributed by atoms with Crippen LogP contribution in [0.3, 0.4) is 0 Å². The molecule has 20 heavy (non-hydrogen) atoms. The first kappa shape index (κ1) is 14.5. The quantitative estimate of drug-likeness (QED) is 0.910. The van der Waals surface area contributed by atoms with Gasteiger partial charge in [0.05, 0.1) is 5.02 Å². The number of nitrogens with one attached hydrogen (secondary N) is 1. The van der Waals surface area contributed by atoms with Gasteiger partial charge in [0.25, 0.3) is 5.91 Å². The highest BCUT2D eigenvalue weighted by Gasteiger charge is 2.09. The second-order valence-electron chi connectivity index (χ2n) is 4.28. The molecule has 0 aromatic heterocycles. The van der Waals surface area contributed by atoms with E-state index < -0.39 is 5.82 Å². The van der Waals surface area contributed by atoms with Crippen molar-refractivity contribution in [1.29, 1.82) is 0 Å². The molecule has 5 heteroatoms. The van der Waals surface area contributed by atoms with Gasteiger partial charge in [-0.05, 0) is 29.3 Å². The zero-order valence-corrected chi connectivity index (χ0v) is 11.5. The lowest BCUT2D eigenvalue weighted by Crippen LogP contribution is -2.23. The van der Waals surface area contributed by atoms with Crippen molar-refractivity contribution >= 4 is 17.5 Å². The van der Waals surface area contributed by atoms with E-state index in [0.717, 1.165) is 11.1 Å². The molecular formula is C15H14ClFN2O. The number of rotatable bonds is 4. The first-order valence-corrected chi connectivity index (χ1v) is 6.49. The summed E-state index contributed by atoms with van der Waals surface area (Å²) in [6, 6.07) is 11.5. The molecule has 104 valence electrons. The summed E-state index contributed by atoms with van der Waals surface area (Å²) in [5.74, 6) is -0.851. The van der Waals surface area contributed by atoms with Gasteiger partial charge in [-0.1, -0.05) is 35.9 Å². The number of halogens is 2. The van der Waals surface area contributed by atoms with Crippen LogP contribution in [0.15, 0.2) is 42.5 Å². The molecule has 0 saturated carbocycles. The van der Waals surface area contributed by atoms with Crippen LogP contribution in [-0.4, -0.2) is 5.91 Å². The van der Waals surface area contributed by atoms with Crippen LogP contribution < -0.4 is 11.1 Å². The average Bonchev–Trinajstić information content (AvgIpc) is 2.47. The summed E-state index contributed by atoms with van der Waals surface area (Å²) >= 11 is 5.65. The van der Waals surface area contributed by atoms with Crippen LogP contribution in [0.5, 0.6) is 0 Å². The van der Waals surface area contributed by atoms with Gasteiger partial charge in [-0.15, -0.1) is 0 Å². The second kappa shape index (κ2) is 6.50. The fourth-order valence-corrected chi connectivity index (χ4v) is 2.02. The molecule has 2 aromatic rings. The van der Waals surface area contributed by atoms with Gasteiger partial charge in [0.15, 0.2) is 0 Å². The summed E-state index contributed by atoms with van der Waals surface area (Å²) < 4.78 is 13.0. The standard InChI is InChI=1S/C15H14ClFN2O/c16-13-7-10(5-6-14(13)17)15(20)19-9-12-4-2-1-3-11(12)8-18/h1-7H,8-9,18H2,(H,19,20). The van der Waals surface area contributed by atoms with Crippen LogP contribution in [-0.2, 0) is 13.1 Å².